The molecule has 2 fully saturated rings. The molecule has 70 valence electrons. The van der Waals surface area contributed by atoms with Crippen LogP contribution >= 0.6 is 11.8 Å². The molecule has 0 N–H and O–H groups in total. The predicted octanol–water partition coefficient (Wildman–Crippen LogP) is 2.57. The molecule has 0 bridgehead atoms. The molecule has 0 aromatic heterocycles. The van der Waals surface area contributed by atoms with Gasteiger partial charge in [-0.2, -0.15) is 0 Å². The Morgan fingerprint density at radius 2 is 2.25 bits per heavy atom. The minimum absolute atomic E-state index is 0.953. The lowest BCUT2D eigenvalue weighted by Crippen LogP contribution is -2.45. The molecule has 0 radical (unpaired) electrons. The summed E-state index contributed by atoms with van der Waals surface area (Å²) in [4.78, 5) is 2.71. The summed E-state index contributed by atoms with van der Waals surface area (Å²) in [5, 5.41) is 0. The first-order chi connectivity index (χ1) is 5.90. The van der Waals surface area contributed by atoms with Crippen LogP contribution in [0.2, 0.25) is 0 Å². The van der Waals surface area contributed by atoms with Crippen molar-refractivity contribution in [2.45, 2.75) is 38.6 Å². The quantitative estimate of drug-likeness (QED) is 0.617. The summed E-state index contributed by atoms with van der Waals surface area (Å²) in [6, 6.07) is 0.953. The molecule has 0 aliphatic carbocycles. The molecule has 0 unspecified atom stereocenters. The summed E-state index contributed by atoms with van der Waals surface area (Å²) in [5.41, 5.74) is 0. The molecule has 0 aromatic rings. The molecule has 0 saturated carbocycles. The first kappa shape index (κ1) is 8.89. The maximum atomic E-state index is 2.71. The second-order valence-corrected chi connectivity index (χ2v) is 5.18. The Bertz CT molecular complexity index is 149. The van der Waals surface area contributed by atoms with Crippen molar-refractivity contribution in [1.29, 1.82) is 0 Å². The van der Waals surface area contributed by atoms with Crippen molar-refractivity contribution < 1.29 is 0 Å². The SMILES string of the molecule is CC[C@@H]1CC[C@H]2CCSCN2C1. The zero-order valence-corrected chi connectivity index (χ0v) is 8.78. The lowest BCUT2D eigenvalue weighted by atomic mass is 9.90. The van der Waals surface area contributed by atoms with Crippen LogP contribution in [0, 0.1) is 5.92 Å². The normalized spacial score (nSPS) is 37.8. The molecule has 2 aliphatic rings. The van der Waals surface area contributed by atoms with Crippen molar-refractivity contribution in [3.05, 3.63) is 0 Å². The fourth-order valence-corrected chi connectivity index (χ4v) is 3.52. The topological polar surface area (TPSA) is 3.24 Å². The van der Waals surface area contributed by atoms with Gasteiger partial charge < -0.3 is 0 Å². The Kier molecular flexibility index (Phi) is 2.97. The molecule has 0 aromatic carbocycles. The summed E-state index contributed by atoms with van der Waals surface area (Å²) in [7, 11) is 0. The number of nitrogens with zero attached hydrogens (tertiary/aromatic N) is 1. The molecule has 1 nitrogen and oxygen atoms in total. The fourth-order valence-electron chi connectivity index (χ4n) is 2.40. The minimum atomic E-state index is 0.953. The Morgan fingerprint density at radius 3 is 3.08 bits per heavy atom. The highest BCUT2D eigenvalue weighted by Crippen LogP contribution is 2.31. The van der Waals surface area contributed by atoms with Crippen molar-refractivity contribution in [3.63, 3.8) is 0 Å². The smallest absolute Gasteiger partial charge is 0.0447 e. The van der Waals surface area contributed by atoms with Gasteiger partial charge in [-0.05, 0) is 30.9 Å². The number of piperidine rings is 1. The molecule has 2 aliphatic heterocycles. The Balaban J connectivity index is 1.90. The van der Waals surface area contributed by atoms with E-state index in [4.69, 9.17) is 0 Å². The summed E-state index contributed by atoms with van der Waals surface area (Å²) in [6.07, 6.45) is 5.79. The average molecular weight is 185 g/mol. The van der Waals surface area contributed by atoms with Crippen LogP contribution in [-0.2, 0) is 0 Å². The third-order valence-electron chi connectivity index (χ3n) is 3.35. The van der Waals surface area contributed by atoms with Crippen molar-refractivity contribution >= 4 is 11.8 Å². The molecular formula is C10H19NS. The van der Waals surface area contributed by atoms with Gasteiger partial charge >= 0.3 is 0 Å². The van der Waals surface area contributed by atoms with Crippen molar-refractivity contribution in [2.24, 2.45) is 5.92 Å². The van der Waals surface area contributed by atoms with E-state index in [1.54, 1.807) is 0 Å². The van der Waals surface area contributed by atoms with Crippen LogP contribution in [0.15, 0.2) is 0 Å². The second kappa shape index (κ2) is 4.01. The van der Waals surface area contributed by atoms with Crippen LogP contribution in [0.1, 0.15) is 32.6 Å². The van der Waals surface area contributed by atoms with E-state index in [1.165, 1.54) is 43.9 Å². The van der Waals surface area contributed by atoms with E-state index in [1.807, 2.05) is 0 Å². The molecule has 0 spiro atoms. The molecule has 12 heavy (non-hydrogen) atoms. The fraction of sp³-hybridized carbons (Fsp3) is 1.00. The lowest BCUT2D eigenvalue weighted by Gasteiger charge is -2.42. The molecule has 2 rings (SSSR count). The van der Waals surface area contributed by atoms with Crippen molar-refractivity contribution in [3.8, 4) is 0 Å². The van der Waals surface area contributed by atoms with Gasteiger partial charge in [0.25, 0.3) is 0 Å². The largest absolute Gasteiger partial charge is 0.291 e. The molecule has 2 heterocycles. The Labute approximate surface area is 79.9 Å². The van der Waals surface area contributed by atoms with Crippen LogP contribution < -0.4 is 0 Å². The van der Waals surface area contributed by atoms with E-state index in [2.05, 4.69) is 23.6 Å². The van der Waals surface area contributed by atoms with E-state index in [-0.39, 0.29) is 0 Å². The maximum absolute atomic E-state index is 2.71. The van der Waals surface area contributed by atoms with Crippen LogP contribution in [0.3, 0.4) is 0 Å². The highest BCUT2D eigenvalue weighted by atomic mass is 32.2. The first-order valence-corrected chi connectivity index (χ1v) is 6.37. The predicted molar refractivity (Wildman–Crippen MR) is 55.5 cm³/mol. The van der Waals surface area contributed by atoms with Gasteiger partial charge in [-0.1, -0.05) is 13.3 Å². The van der Waals surface area contributed by atoms with Crippen LogP contribution in [-0.4, -0.2) is 29.1 Å². The summed E-state index contributed by atoms with van der Waals surface area (Å²) >= 11 is 2.12. The zero-order chi connectivity index (χ0) is 8.39. The van der Waals surface area contributed by atoms with Gasteiger partial charge in [0.1, 0.15) is 0 Å². The maximum Gasteiger partial charge on any atom is 0.0447 e. The average Bonchev–Trinajstić information content (AvgIpc) is 2.17. The molecular weight excluding hydrogens is 166 g/mol. The third kappa shape index (κ3) is 1.80. The number of hydrogen-bond donors (Lipinski definition) is 0. The van der Waals surface area contributed by atoms with Gasteiger partial charge in [0.05, 0.1) is 0 Å². The van der Waals surface area contributed by atoms with Crippen molar-refractivity contribution in [1.82, 2.24) is 4.90 Å². The summed E-state index contributed by atoms with van der Waals surface area (Å²) in [6.45, 7) is 3.72. The molecule has 2 atom stereocenters. The van der Waals surface area contributed by atoms with Gasteiger partial charge in [0, 0.05) is 18.5 Å². The second-order valence-electron chi connectivity index (χ2n) is 4.10. The van der Waals surface area contributed by atoms with Gasteiger partial charge in [0.15, 0.2) is 0 Å². The highest BCUT2D eigenvalue weighted by molar-refractivity contribution is 7.99. The standard InChI is InChI=1S/C10H19NS/c1-2-9-3-4-10-5-6-12-8-11(10)7-9/h9-10H,2-8H2,1H3/t9-,10+/m1/s1. The van der Waals surface area contributed by atoms with E-state index in [9.17, 15) is 0 Å². The number of fused-ring (bicyclic) bond motifs is 1. The minimum Gasteiger partial charge on any atom is -0.291 e. The van der Waals surface area contributed by atoms with Crippen LogP contribution in [0.5, 0.6) is 0 Å². The number of hydrogen-bond acceptors (Lipinski definition) is 2. The van der Waals surface area contributed by atoms with E-state index < -0.39 is 0 Å². The van der Waals surface area contributed by atoms with Crippen LogP contribution in [0.4, 0.5) is 0 Å². The van der Waals surface area contributed by atoms with E-state index >= 15 is 0 Å². The van der Waals surface area contributed by atoms with E-state index in [0.29, 0.717) is 0 Å². The van der Waals surface area contributed by atoms with Crippen molar-refractivity contribution in [2.75, 3.05) is 18.2 Å². The highest BCUT2D eigenvalue weighted by Gasteiger charge is 2.28. The monoisotopic (exact) mass is 185 g/mol. The summed E-state index contributed by atoms with van der Waals surface area (Å²) in [5.74, 6) is 3.71. The third-order valence-corrected chi connectivity index (χ3v) is 4.39. The lowest BCUT2D eigenvalue weighted by molar-refractivity contribution is 0.121. The van der Waals surface area contributed by atoms with Crippen LogP contribution in [0.25, 0.3) is 0 Å². The van der Waals surface area contributed by atoms with Gasteiger partial charge in [-0.25, -0.2) is 0 Å². The molecule has 0 amide bonds. The van der Waals surface area contributed by atoms with Gasteiger partial charge in [-0.15, -0.1) is 11.8 Å². The summed E-state index contributed by atoms with van der Waals surface area (Å²) < 4.78 is 0. The molecule has 2 saturated heterocycles. The number of rotatable bonds is 1. The Hall–Kier alpha value is 0.310. The van der Waals surface area contributed by atoms with E-state index in [0.717, 1.165) is 12.0 Å². The first-order valence-electron chi connectivity index (χ1n) is 5.22. The Morgan fingerprint density at radius 1 is 1.33 bits per heavy atom. The zero-order valence-electron chi connectivity index (χ0n) is 7.96. The van der Waals surface area contributed by atoms with Gasteiger partial charge in [-0.3, -0.25) is 4.90 Å². The molecule has 2 heteroatoms. The number of thioether (sulfide) groups is 1. The van der Waals surface area contributed by atoms with Gasteiger partial charge in [0.2, 0.25) is 0 Å².